The Labute approximate surface area is 226 Å². The van der Waals surface area contributed by atoms with E-state index >= 15 is 0 Å². The highest BCUT2D eigenvalue weighted by molar-refractivity contribution is 6.37. The van der Waals surface area contributed by atoms with Crippen LogP contribution in [0.1, 0.15) is 67.2 Å². The first-order chi connectivity index (χ1) is 17.7. The quantitative estimate of drug-likeness (QED) is 0.224. The van der Waals surface area contributed by atoms with E-state index < -0.39 is 95.9 Å². The molecule has 1 saturated heterocycles. The zero-order valence-corrected chi connectivity index (χ0v) is 23.2. The molecule has 12 nitrogen and oxygen atoms in total. The normalized spacial score (nSPS) is 21.8. The van der Waals surface area contributed by atoms with Crippen molar-refractivity contribution in [3.05, 3.63) is 0 Å². The highest BCUT2D eigenvalue weighted by Crippen LogP contribution is 2.51. The van der Waals surface area contributed by atoms with Crippen molar-refractivity contribution in [3.8, 4) is 0 Å². The van der Waals surface area contributed by atoms with E-state index in [4.69, 9.17) is 10.5 Å². The van der Waals surface area contributed by atoms with Crippen molar-refractivity contribution in [2.45, 2.75) is 96.9 Å². The molecule has 1 aliphatic heterocycles. The van der Waals surface area contributed by atoms with Crippen molar-refractivity contribution < 1.29 is 42.3 Å². The van der Waals surface area contributed by atoms with Crippen LogP contribution >= 0.6 is 0 Å². The van der Waals surface area contributed by atoms with E-state index in [1.165, 1.54) is 4.90 Å². The van der Waals surface area contributed by atoms with Crippen LogP contribution in [0.2, 0.25) is 0 Å². The molecule has 0 radical (unpaired) electrons. The van der Waals surface area contributed by atoms with Gasteiger partial charge in [-0.05, 0) is 45.4 Å². The second kappa shape index (κ2) is 11.8. The van der Waals surface area contributed by atoms with Gasteiger partial charge in [0.2, 0.25) is 17.6 Å². The number of nitrogens with zero attached hydrogens (tertiary/aromatic N) is 1. The monoisotopic (exact) mass is 559 g/mol. The molecule has 4 unspecified atom stereocenters. The van der Waals surface area contributed by atoms with Gasteiger partial charge in [0.25, 0.3) is 11.8 Å². The van der Waals surface area contributed by atoms with Gasteiger partial charge in [-0.3, -0.25) is 24.0 Å². The van der Waals surface area contributed by atoms with Gasteiger partial charge in [0.15, 0.2) is 0 Å². The maximum Gasteiger partial charge on any atom is 0.325 e. The van der Waals surface area contributed by atoms with Gasteiger partial charge in [-0.25, -0.2) is 13.6 Å². The summed E-state index contributed by atoms with van der Waals surface area (Å²) < 4.78 is 32.0. The number of ether oxygens (including phenoxy) is 1. The summed E-state index contributed by atoms with van der Waals surface area (Å²) in [6, 6.07) is -4.51. The molecule has 2 fully saturated rings. The largest absolute Gasteiger partial charge is 0.459 e. The Bertz CT molecular complexity index is 1010. The van der Waals surface area contributed by atoms with Crippen LogP contribution in [0.3, 0.4) is 0 Å². The number of nitrogens with two attached hydrogens (primary N) is 1. The van der Waals surface area contributed by atoms with Crippen LogP contribution in [0.25, 0.3) is 0 Å². The van der Waals surface area contributed by atoms with Crippen molar-refractivity contribution in [2.24, 2.45) is 17.1 Å². The molecule has 14 heteroatoms. The predicted octanol–water partition coefficient (Wildman–Crippen LogP) is 0.618. The summed E-state index contributed by atoms with van der Waals surface area (Å²) in [4.78, 5) is 76.0. The Morgan fingerprint density at radius 2 is 1.64 bits per heavy atom. The SMILES string of the molecule is CC(C)(C)OC(=O)CNC(=O)NC(C(=O)N1CCCC1C(=O)NC(CC1CC1(F)F)C(=O)C(N)=O)C(C)(C)C. The van der Waals surface area contributed by atoms with Crippen LogP contribution in [-0.4, -0.2) is 83.1 Å². The van der Waals surface area contributed by atoms with Crippen molar-refractivity contribution in [3.63, 3.8) is 0 Å². The number of hydrogen-bond acceptors (Lipinski definition) is 7. The highest BCUT2D eigenvalue weighted by atomic mass is 19.3. The van der Waals surface area contributed by atoms with Gasteiger partial charge in [0.1, 0.15) is 24.2 Å². The van der Waals surface area contributed by atoms with Crippen LogP contribution in [0.4, 0.5) is 13.6 Å². The molecule has 0 spiro atoms. The standard InChI is InChI=1S/C25H39F2N5O7/c1-23(2,3)18(31-22(38)29-12-16(33)39-24(4,5)6)21(37)32-9-7-8-15(32)20(36)30-14(17(34)19(28)35)10-13-11-25(13,26)27/h13-15,18H,7-12H2,1-6H3,(H2,28,35)(H,30,36)(H2,29,31,38). The van der Waals surface area contributed by atoms with Crippen LogP contribution in [0.5, 0.6) is 0 Å². The van der Waals surface area contributed by atoms with Gasteiger partial charge in [-0.1, -0.05) is 20.8 Å². The van der Waals surface area contributed by atoms with Crippen LogP contribution in [0.15, 0.2) is 0 Å². The molecule has 220 valence electrons. The Morgan fingerprint density at radius 3 is 2.13 bits per heavy atom. The van der Waals surface area contributed by atoms with Gasteiger partial charge in [-0.15, -0.1) is 0 Å². The summed E-state index contributed by atoms with van der Waals surface area (Å²) in [5.41, 5.74) is 3.49. The van der Waals surface area contributed by atoms with Crippen molar-refractivity contribution in [1.82, 2.24) is 20.9 Å². The number of Topliss-reactive ketones (excluding diaryl/α,β-unsaturated/α-hetero) is 1. The molecule has 0 bridgehead atoms. The summed E-state index contributed by atoms with van der Waals surface area (Å²) in [5, 5.41) is 7.24. The minimum absolute atomic E-state index is 0.167. The second-order valence-corrected chi connectivity index (χ2v) is 12.1. The van der Waals surface area contributed by atoms with Crippen molar-refractivity contribution >= 4 is 35.5 Å². The number of esters is 1. The molecule has 0 aromatic carbocycles. The maximum atomic E-state index is 13.5. The number of ketones is 1. The Kier molecular flexibility index (Phi) is 9.67. The number of urea groups is 1. The van der Waals surface area contributed by atoms with E-state index in [-0.39, 0.29) is 13.0 Å². The van der Waals surface area contributed by atoms with E-state index in [9.17, 15) is 37.5 Å². The van der Waals surface area contributed by atoms with Crippen LogP contribution in [0, 0.1) is 11.3 Å². The third kappa shape index (κ3) is 9.13. The average molecular weight is 560 g/mol. The van der Waals surface area contributed by atoms with Gasteiger partial charge in [0, 0.05) is 18.9 Å². The lowest BCUT2D eigenvalue weighted by atomic mass is 9.85. The number of hydrogen-bond donors (Lipinski definition) is 4. The van der Waals surface area contributed by atoms with Gasteiger partial charge in [0.05, 0.1) is 6.04 Å². The second-order valence-electron chi connectivity index (χ2n) is 12.1. The molecule has 5 amide bonds. The van der Waals surface area contributed by atoms with Crippen molar-refractivity contribution in [2.75, 3.05) is 13.1 Å². The predicted molar refractivity (Wildman–Crippen MR) is 134 cm³/mol. The molecular formula is C25H39F2N5O7. The smallest absolute Gasteiger partial charge is 0.325 e. The average Bonchev–Trinajstić information content (AvgIpc) is 3.16. The molecule has 2 rings (SSSR count). The van der Waals surface area contributed by atoms with E-state index in [0.29, 0.717) is 6.42 Å². The summed E-state index contributed by atoms with van der Waals surface area (Å²) in [6.07, 6.45) is -0.267. The van der Waals surface area contributed by atoms with Crippen molar-refractivity contribution in [1.29, 1.82) is 0 Å². The van der Waals surface area contributed by atoms with Crippen LogP contribution in [-0.2, 0) is 28.7 Å². The molecule has 0 aromatic rings. The first kappa shape index (κ1) is 31.9. The van der Waals surface area contributed by atoms with Gasteiger partial charge in [-0.2, -0.15) is 0 Å². The number of rotatable bonds is 10. The number of nitrogens with one attached hydrogen (secondary N) is 3. The van der Waals surface area contributed by atoms with Crippen LogP contribution < -0.4 is 21.7 Å². The number of carbonyl (C=O) groups is 6. The minimum atomic E-state index is -2.98. The van der Waals surface area contributed by atoms with E-state index in [0.717, 1.165) is 0 Å². The Morgan fingerprint density at radius 1 is 1.05 bits per heavy atom. The molecule has 1 saturated carbocycles. The molecule has 5 N–H and O–H groups in total. The maximum absolute atomic E-state index is 13.5. The summed E-state index contributed by atoms with van der Waals surface area (Å²) in [5.74, 6) is -8.75. The third-order valence-electron chi connectivity index (χ3n) is 6.39. The van der Waals surface area contributed by atoms with E-state index in [1.54, 1.807) is 41.5 Å². The number of halogens is 2. The fourth-order valence-electron chi connectivity index (χ4n) is 4.31. The number of carbonyl (C=O) groups excluding carboxylic acids is 6. The third-order valence-corrected chi connectivity index (χ3v) is 6.39. The number of amides is 5. The number of primary amides is 1. The summed E-state index contributed by atoms with van der Waals surface area (Å²) >= 11 is 0. The number of alkyl halides is 2. The number of likely N-dealkylation sites (tertiary alicyclic amines) is 1. The summed E-state index contributed by atoms with van der Waals surface area (Å²) in [7, 11) is 0. The molecule has 39 heavy (non-hydrogen) atoms. The molecule has 0 aromatic heterocycles. The lowest BCUT2D eigenvalue weighted by molar-refractivity contribution is -0.153. The van der Waals surface area contributed by atoms with E-state index in [2.05, 4.69) is 16.0 Å². The Balaban J connectivity index is 2.10. The fraction of sp³-hybridized carbons (Fsp3) is 0.760. The summed E-state index contributed by atoms with van der Waals surface area (Å²) in [6.45, 7) is 9.86. The minimum Gasteiger partial charge on any atom is -0.459 e. The van der Waals surface area contributed by atoms with Gasteiger partial charge >= 0.3 is 12.0 Å². The molecule has 1 aliphatic carbocycles. The zero-order chi connectivity index (χ0) is 29.9. The molecule has 4 atom stereocenters. The lowest BCUT2D eigenvalue weighted by Crippen LogP contribution is -2.60. The first-order valence-electron chi connectivity index (χ1n) is 12.8. The topological polar surface area (TPSA) is 177 Å². The molecular weight excluding hydrogens is 520 g/mol. The zero-order valence-electron chi connectivity index (χ0n) is 23.2. The van der Waals surface area contributed by atoms with E-state index in [1.807, 2.05) is 0 Å². The first-order valence-corrected chi connectivity index (χ1v) is 12.8. The molecule has 2 aliphatic rings. The Hall–Kier alpha value is -3.32. The van der Waals surface area contributed by atoms with Gasteiger partial charge < -0.3 is 31.3 Å². The highest BCUT2D eigenvalue weighted by Gasteiger charge is 2.58. The fourth-order valence-corrected chi connectivity index (χ4v) is 4.31. The lowest BCUT2D eigenvalue weighted by Gasteiger charge is -2.35. The molecule has 1 heterocycles.